The van der Waals surface area contributed by atoms with Crippen molar-refractivity contribution in [1.82, 2.24) is 9.62 Å². The maximum atomic E-state index is 7.77. The number of rotatable bonds is 0. The second-order valence-corrected chi connectivity index (χ2v) is 2.86. The number of nitrogens with one attached hydrogen (secondary N) is 2. The molecule has 0 aromatic rings. The minimum atomic E-state index is 0.376. The molecule has 0 saturated carbocycles. The first-order valence-corrected chi connectivity index (χ1v) is 4.53. The number of morpholine rings is 1. The SMILES string of the molecule is CN=C(NS)C(=N)N1CCOCC1. The lowest BCUT2D eigenvalue weighted by Gasteiger charge is -2.28. The average Bonchev–Trinajstić information content (AvgIpc) is 2.21. The minimum absolute atomic E-state index is 0.376. The lowest BCUT2D eigenvalue weighted by molar-refractivity contribution is 0.0685. The Labute approximate surface area is 83.2 Å². The molecule has 0 amide bonds. The van der Waals surface area contributed by atoms with Crippen LogP contribution >= 0.6 is 12.8 Å². The van der Waals surface area contributed by atoms with Crippen molar-refractivity contribution in [2.75, 3.05) is 33.4 Å². The first-order valence-electron chi connectivity index (χ1n) is 4.08. The Morgan fingerprint density at radius 3 is 2.62 bits per heavy atom. The van der Waals surface area contributed by atoms with Gasteiger partial charge in [0.05, 0.1) is 13.2 Å². The molecule has 0 aromatic heterocycles. The van der Waals surface area contributed by atoms with Gasteiger partial charge in [0.1, 0.15) is 0 Å². The molecule has 1 aliphatic heterocycles. The van der Waals surface area contributed by atoms with Gasteiger partial charge in [-0.1, -0.05) is 12.8 Å². The van der Waals surface area contributed by atoms with Crippen LogP contribution in [0.2, 0.25) is 0 Å². The summed E-state index contributed by atoms with van der Waals surface area (Å²) in [5.74, 6) is 0.867. The van der Waals surface area contributed by atoms with Gasteiger partial charge in [-0.2, -0.15) is 0 Å². The number of hydrogen-bond donors (Lipinski definition) is 3. The molecule has 0 bridgehead atoms. The second-order valence-electron chi connectivity index (χ2n) is 2.63. The Hall–Kier alpha value is -0.750. The summed E-state index contributed by atoms with van der Waals surface area (Å²) in [4.78, 5) is 5.82. The van der Waals surface area contributed by atoms with Gasteiger partial charge in [-0.25, -0.2) is 0 Å². The Bertz CT molecular complexity index is 213. The van der Waals surface area contributed by atoms with E-state index in [4.69, 9.17) is 10.1 Å². The Morgan fingerprint density at radius 2 is 2.15 bits per heavy atom. The van der Waals surface area contributed by atoms with Crippen LogP contribution in [-0.2, 0) is 4.74 Å². The maximum absolute atomic E-state index is 7.77. The van der Waals surface area contributed by atoms with Crippen LogP contribution in [-0.4, -0.2) is 49.9 Å². The van der Waals surface area contributed by atoms with E-state index in [0.717, 1.165) is 13.1 Å². The van der Waals surface area contributed by atoms with Crippen molar-refractivity contribution in [2.24, 2.45) is 4.99 Å². The summed E-state index contributed by atoms with van der Waals surface area (Å²) in [7, 11) is 1.63. The van der Waals surface area contributed by atoms with Crippen LogP contribution in [0.5, 0.6) is 0 Å². The van der Waals surface area contributed by atoms with Crippen molar-refractivity contribution in [2.45, 2.75) is 0 Å². The van der Waals surface area contributed by atoms with Gasteiger partial charge in [0.15, 0.2) is 11.7 Å². The molecule has 1 aliphatic rings. The fraction of sp³-hybridized carbons (Fsp3) is 0.714. The van der Waals surface area contributed by atoms with Crippen LogP contribution < -0.4 is 4.72 Å². The Balaban J connectivity index is 2.54. The summed E-state index contributed by atoms with van der Waals surface area (Å²) in [6.07, 6.45) is 0. The first kappa shape index (κ1) is 10.3. The zero-order chi connectivity index (χ0) is 9.68. The molecule has 6 heteroatoms. The normalized spacial score (nSPS) is 18.6. The molecule has 0 radical (unpaired) electrons. The highest BCUT2D eigenvalue weighted by Gasteiger charge is 2.16. The van der Waals surface area contributed by atoms with E-state index in [9.17, 15) is 0 Å². The largest absolute Gasteiger partial charge is 0.378 e. The van der Waals surface area contributed by atoms with E-state index in [0.29, 0.717) is 24.9 Å². The molecule has 1 fully saturated rings. The van der Waals surface area contributed by atoms with Gasteiger partial charge in [0.2, 0.25) is 0 Å². The summed E-state index contributed by atoms with van der Waals surface area (Å²) < 4.78 is 7.77. The van der Waals surface area contributed by atoms with Gasteiger partial charge >= 0.3 is 0 Å². The molecule has 0 aromatic carbocycles. The van der Waals surface area contributed by atoms with E-state index < -0.39 is 0 Å². The van der Waals surface area contributed by atoms with Crippen molar-refractivity contribution in [3.8, 4) is 0 Å². The quantitative estimate of drug-likeness (QED) is 0.288. The first-order chi connectivity index (χ1) is 6.29. The predicted molar refractivity (Wildman–Crippen MR) is 55.6 cm³/mol. The van der Waals surface area contributed by atoms with Crippen LogP contribution in [0.25, 0.3) is 0 Å². The van der Waals surface area contributed by atoms with Crippen LogP contribution in [0.4, 0.5) is 0 Å². The smallest absolute Gasteiger partial charge is 0.173 e. The topological polar surface area (TPSA) is 60.7 Å². The van der Waals surface area contributed by atoms with E-state index in [1.54, 1.807) is 7.05 Å². The Morgan fingerprint density at radius 1 is 1.54 bits per heavy atom. The molecular formula is C7H14N4OS. The third kappa shape index (κ3) is 2.60. The standard InChI is InChI=1S/C7H14N4OS/c1-9-7(10-13)6(8)11-2-4-12-5-3-11/h8,13H,2-5H2,1H3,(H,9,10). The molecule has 5 nitrogen and oxygen atoms in total. The summed E-state index contributed by atoms with van der Waals surface area (Å²) >= 11 is 3.88. The van der Waals surface area contributed by atoms with Crippen molar-refractivity contribution in [3.63, 3.8) is 0 Å². The highest BCUT2D eigenvalue weighted by atomic mass is 32.1. The minimum Gasteiger partial charge on any atom is -0.378 e. The van der Waals surface area contributed by atoms with E-state index in [-0.39, 0.29) is 0 Å². The number of hydrogen-bond acceptors (Lipinski definition) is 4. The number of thiol groups is 1. The predicted octanol–water partition coefficient (Wildman–Crippen LogP) is -0.241. The molecule has 13 heavy (non-hydrogen) atoms. The molecule has 1 saturated heterocycles. The second kappa shape index (κ2) is 5.08. The number of ether oxygens (including phenoxy) is 1. The van der Waals surface area contributed by atoms with Gasteiger partial charge in [-0.3, -0.25) is 10.4 Å². The molecule has 2 N–H and O–H groups in total. The highest BCUT2D eigenvalue weighted by Crippen LogP contribution is 1.98. The van der Waals surface area contributed by atoms with Gasteiger partial charge in [0.25, 0.3) is 0 Å². The van der Waals surface area contributed by atoms with Crippen LogP contribution in [0, 0.1) is 5.41 Å². The summed E-state index contributed by atoms with van der Waals surface area (Å²) in [5.41, 5.74) is 0. The van der Waals surface area contributed by atoms with Crippen molar-refractivity contribution < 1.29 is 4.74 Å². The van der Waals surface area contributed by atoms with Crippen molar-refractivity contribution in [3.05, 3.63) is 0 Å². The van der Waals surface area contributed by atoms with E-state index in [1.807, 2.05) is 4.90 Å². The van der Waals surface area contributed by atoms with Gasteiger partial charge in [0, 0.05) is 20.1 Å². The zero-order valence-electron chi connectivity index (χ0n) is 7.58. The van der Waals surface area contributed by atoms with Crippen molar-refractivity contribution >= 4 is 24.5 Å². The molecule has 0 spiro atoms. The fourth-order valence-electron chi connectivity index (χ4n) is 1.15. The number of nitrogens with zero attached hydrogens (tertiary/aromatic N) is 2. The molecule has 1 rings (SSSR count). The van der Waals surface area contributed by atoms with Gasteiger partial charge < -0.3 is 14.4 Å². The number of aliphatic imine (C=N–C) groups is 1. The molecule has 0 unspecified atom stereocenters. The average molecular weight is 202 g/mol. The van der Waals surface area contributed by atoms with E-state index >= 15 is 0 Å². The third-order valence-corrected chi connectivity index (χ3v) is 2.09. The summed E-state index contributed by atoms with van der Waals surface area (Å²) in [6, 6.07) is 0. The van der Waals surface area contributed by atoms with Crippen molar-refractivity contribution in [1.29, 1.82) is 5.41 Å². The summed E-state index contributed by atoms with van der Waals surface area (Å²) in [6.45, 7) is 2.83. The molecule has 74 valence electrons. The molecule has 0 atom stereocenters. The molecule has 0 aliphatic carbocycles. The van der Waals surface area contributed by atoms with Gasteiger partial charge in [-0.15, -0.1) is 0 Å². The fourth-order valence-corrected chi connectivity index (χ4v) is 1.35. The van der Waals surface area contributed by atoms with E-state index in [1.165, 1.54) is 0 Å². The summed E-state index contributed by atoms with van der Waals surface area (Å²) in [5, 5.41) is 7.77. The van der Waals surface area contributed by atoms with E-state index in [2.05, 4.69) is 22.5 Å². The van der Waals surface area contributed by atoms with Crippen LogP contribution in [0.3, 0.4) is 0 Å². The van der Waals surface area contributed by atoms with Crippen LogP contribution in [0.1, 0.15) is 0 Å². The van der Waals surface area contributed by atoms with Crippen LogP contribution in [0.15, 0.2) is 4.99 Å². The van der Waals surface area contributed by atoms with Gasteiger partial charge in [-0.05, 0) is 0 Å². The Kier molecular flexibility index (Phi) is 4.04. The molecular weight excluding hydrogens is 188 g/mol. The lowest BCUT2D eigenvalue weighted by Crippen LogP contribution is -2.46. The zero-order valence-corrected chi connectivity index (χ0v) is 8.47. The monoisotopic (exact) mass is 202 g/mol. The third-order valence-electron chi connectivity index (χ3n) is 1.88. The lowest BCUT2D eigenvalue weighted by atomic mass is 10.4. The maximum Gasteiger partial charge on any atom is 0.173 e. The molecule has 1 heterocycles. The number of amidine groups is 2. The highest BCUT2D eigenvalue weighted by molar-refractivity contribution is 7.78.